The van der Waals surface area contributed by atoms with Gasteiger partial charge in [-0.1, -0.05) is 35.9 Å². The fourth-order valence-electron chi connectivity index (χ4n) is 1.74. The number of aliphatic hydroxyl groups excluding tert-OH is 1. The van der Waals surface area contributed by atoms with Gasteiger partial charge in [-0.05, 0) is 45.3 Å². The number of anilines is 1. The fourth-order valence-corrected chi connectivity index (χ4v) is 3.87. The number of nitrogens with one attached hydrogen (secondary N) is 1. The molecule has 0 spiro atoms. The highest BCUT2D eigenvalue weighted by Gasteiger charge is 2.13. The van der Waals surface area contributed by atoms with Crippen LogP contribution in [-0.2, 0) is 22.4 Å². The monoisotopic (exact) mass is 389 g/mol. The van der Waals surface area contributed by atoms with Crippen LogP contribution >= 0.6 is 27.5 Å². The number of benzene rings is 2. The van der Waals surface area contributed by atoms with E-state index in [4.69, 9.17) is 16.7 Å². The van der Waals surface area contributed by atoms with E-state index in [1.165, 1.54) is 0 Å². The lowest BCUT2D eigenvalue weighted by Crippen LogP contribution is -2.15. The Kier molecular flexibility index (Phi) is 5.27. The van der Waals surface area contributed by atoms with Crippen LogP contribution in [0.15, 0.2) is 46.9 Å². The van der Waals surface area contributed by atoms with Crippen LogP contribution in [0.25, 0.3) is 0 Å². The Morgan fingerprint density at radius 1 is 1.10 bits per heavy atom. The average molecular weight is 391 g/mol. The Hall–Kier alpha value is -1.08. The first kappa shape index (κ1) is 16.3. The quantitative estimate of drug-likeness (QED) is 0.820. The molecule has 21 heavy (non-hydrogen) atoms. The minimum absolute atomic E-state index is 0.0665. The third-order valence-electron chi connectivity index (χ3n) is 2.76. The molecular weight excluding hydrogens is 378 g/mol. The number of rotatable bonds is 5. The first-order valence-electron chi connectivity index (χ1n) is 6.04. The molecule has 0 saturated carbocycles. The van der Waals surface area contributed by atoms with E-state index in [-0.39, 0.29) is 12.4 Å². The van der Waals surface area contributed by atoms with Crippen molar-refractivity contribution in [3.63, 3.8) is 0 Å². The van der Waals surface area contributed by atoms with Crippen molar-refractivity contribution in [1.29, 1.82) is 0 Å². The highest BCUT2D eigenvalue weighted by Crippen LogP contribution is 2.27. The molecule has 2 aromatic carbocycles. The molecule has 0 aliphatic rings. The topological polar surface area (TPSA) is 66.4 Å². The first-order valence-corrected chi connectivity index (χ1v) is 8.86. The van der Waals surface area contributed by atoms with Gasteiger partial charge in [0.15, 0.2) is 0 Å². The van der Waals surface area contributed by atoms with E-state index in [9.17, 15) is 8.42 Å². The Bertz CT molecular complexity index is 732. The Morgan fingerprint density at radius 3 is 2.29 bits per heavy atom. The van der Waals surface area contributed by atoms with Crippen molar-refractivity contribution in [2.24, 2.45) is 0 Å². The van der Waals surface area contributed by atoms with Gasteiger partial charge >= 0.3 is 0 Å². The Labute approximate surface area is 136 Å². The molecule has 0 aliphatic carbocycles. The largest absolute Gasteiger partial charge is 0.392 e. The molecule has 0 aliphatic heterocycles. The molecule has 2 N–H and O–H groups in total. The molecular formula is C14H13BrClNO3S. The van der Waals surface area contributed by atoms with Gasteiger partial charge in [0.2, 0.25) is 10.0 Å². The van der Waals surface area contributed by atoms with E-state index in [2.05, 4.69) is 20.7 Å². The van der Waals surface area contributed by atoms with Gasteiger partial charge in [-0.25, -0.2) is 8.42 Å². The van der Waals surface area contributed by atoms with E-state index in [0.29, 0.717) is 20.7 Å². The highest BCUT2D eigenvalue weighted by molar-refractivity contribution is 9.10. The van der Waals surface area contributed by atoms with Gasteiger partial charge in [0.25, 0.3) is 0 Å². The van der Waals surface area contributed by atoms with E-state index in [0.717, 1.165) is 5.56 Å². The number of sulfonamides is 1. The summed E-state index contributed by atoms with van der Waals surface area (Å²) in [6, 6.07) is 11.6. The van der Waals surface area contributed by atoms with Crippen LogP contribution in [0.2, 0.25) is 5.02 Å². The molecule has 0 radical (unpaired) electrons. The molecule has 2 aromatic rings. The molecule has 0 unspecified atom stereocenters. The number of aliphatic hydroxyl groups is 1. The molecule has 112 valence electrons. The molecule has 0 atom stereocenters. The summed E-state index contributed by atoms with van der Waals surface area (Å²) in [6.45, 7) is -0.0665. The van der Waals surface area contributed by atoms with Gasteiger partial charge in [0.05, 0.1) is 18.0 Å². The maximum absolute atomic E-state index is 12.1. The van der Waals surface area contributed by atoms with E-state index in [1.807, 2.05) is 0 Å². The average Bonchev–Trinajstić information content (AvgIpc) is 2.42. The predicted octanol–water partition coefficient (Wildman–Crippen LogP) is 3.54. The first-order chi connectivity index (χ1) is 9.89. The molecule has 7 heteroatoms. The van der Waals surface area contributed by atoms with Crippen LogP contribution in [0.1, 0.15) is 11.1 Å². The Morgan fingerprint density at radius 2 is 1.71 bits per heavy atom. The highest BCUT2D eigenvalue weighted by atomic mass is 79.9. The number of hydrogen-bond donors (Lipinski definition) is 2. The van der Waals surface area contributed by atoms with Gasteiger partial charge in [-0.15, -0.1) is 0 Å². The Balaban J connectivity index is 2.14. The van der Waals surface area contributed by atoms with Gasteiger partial charge in [0.1, 0.15) is 0 Å². The second-order valence-corrected chi connectivity index (χ2v) is 7.47. The van der Waals surface area contributed by atoms with Crippen molar-refractivity contribution in [3.05, 3.63) is 63.1 Å². The molecule has 0 bridgehead atoms. The summed E-state index contributed by atoms with van der Waals surface area (Å²) in [5.41, 5.74) is 1.82. The summed E-state index contributed by atoms with van der Waals surface area (Å²) in [5.74, 6) is -0.145. The molecule has 2 rings (SSSR count). The van der Waals surface area contributed by atoms with Crippen LogP contribution in [-0.4, -0.2) is 13.5 Å². The SMILES string of the molecule is O=S(=O)(Cc1ccc(CO)cc1)Nc1ccc(Cl)cc1Br. The van der Waals surface area contributed by atoms with Crippen molar-refractivity contribution in [3.8, 4) is 0 Å². The minimum atomic E-state index is -3.53. The third-order valence-corrected chi connectivity index (χ3v) is 4.89. The van der Waals surface area contributed by atoms with Gasteiger partial charge < -0.3 is 5.11 Å². The minimum Gasteiger partial charge on any atom is -0.392 e. The van der Waals surface area contributed by atoms with Gasteiger partial charge in [0, 0.05) is 9.50 Å². The molecule has 0 amide bonds. The molecule has 0 heterocycles. The van der Waals surface area contributed by atoms with Crippen molar-refractivity contribution in [2.45, 2.75) is 12.4 Å². The van der Waals surface area contributed by atoms with Crippen LogP contribution in [0.3, 0.4) is 0 Å². The van der Waals surface area contributed by atoms with E-state index >= 15 is 0 Å². The molecule has 0 fully saturated rings. The smallest absolute Gasteiger partial charge is 0.236 e. The summed E-state index contributed by atoms with van der Waals surface area (Å²) < 4.78 is 27.4. The van der Waals surface area contributed by atoms with Crippen molar-refractivity contribution >= 4 is 43.2 Å². The summed E-state index contributed by atoms with van der Waals surface area (Å²) >= 11 is 9.08. The second kappa shape index (κ2) is 6.79. The van der Waals surface area contributed by atoms with Crippen molar-refractivity contribution in [1.82, 2.24) is 0 Å². The van der Waals surface area contributed by atoms with Crippen molar-refractivity contribution < 1.29 is 13.5 Å². The summed E-state index contributed by atoms with van der Waals surface area (Å²) in [6.07, 6.45) is 0. The van der Waals surface area contributed by atoms with Crippen LogP contribution in [0, 0.1) is 0 Å². The van der Waals surface area contributed by atoms with Crippen LogP contribution in [0.4, 0.5) is 5.69 Å². The zero-order valence-corrected chi connectivity index (χ0v) is 14.0. The van der Waals surface area contributed by atoms with Gasteiger partial charge in [-0.3, -0.25) is 4.72 Å². The summed E-state index contributed by atoms with van der Waals surface area (Å²) in [7, 11) is -3.53. The lowest BCUT2D eigenvalue weighted by molar-refractivity contribution is 0.282. The number of halogens is 2. The summed E-state index contributed by atoms with van der Waals surface area (Å²) in [5, 5.41) is 9.48. The third kappa shape index (κ3) is 4.71. The summed E-state index contributed by atoms with van der Waals surface area (Å²) in [4.78, 5) is 0. The second-order valence-electron chi connectivity index (χ2n) is 4.46. The zero-order chi connectivity index (χ0) is 15.5. The van der Waals surface area contributed by atoms with Crippen LogP contribution in [0.5, 0.6) is 0 Å². The zero-order valence-electron chi connectivity index (χ0n) is 10.9. The normalized spacial score (nSPS) is 11.4. The maximum Gasteiger partial charge on any atom is 0.236 e. The molecule has 4 nitrogen and oxygen atoms in total. The predicted molar refractivity (Wildman–Crippen MR) is 87.8 cm³/mol. The maximum atomic E-state index is 12.1. The fraction of sp³-hybridized carbons (Fsp3) is 0.143. The van der Waals surface area contributed by atoms with Crippen LogP contribution < -0.4 is 4.72 Å². The molecule has 0 aromatic heterocycles. The number of hydrogen-bond acceptors (Lipinski definition) is 3. The standard InChI is InChI=1S/C14H13BrClNO3S/c15-13-7-12(16)5-6-14(13)17-21(19,20)9-11-3-1-10(8-18)2-4-11/h1-7,17-18H,8-9H2. The van der Waals surface area contributed by atoms with Gasteiger partial charge in [-0.2, -0.15) is 0 Å². The van der Waals surface area contributed by atoms with E-state index in [1.54, 1.807) is 42.5 Å². The van der Waals surface area contributed by atoms with E-state index < -0.39 is 10.0 Å². The molecule has 0 saturated heterocycles. The lowest BCUT2D eigenvalue weighted by Gasteiger charge is -2.10. The van der Waals surface area contributed by atoms with Crippen molar-refractivity contribution in [2.75, 3.05) is 4.72 Å². The lowest BCUT2D eigenvalue weighted by atomic mass is 10.2.